The van der Waals surface area contributed by atoms with Gasteiger partial charge in [-0.3, -0.25) is 9.59 Å². The van der Waals surface area contributed by atoms with Crippen LogP contribution < -0.4 is 10.7 Å². The van der Waals surface area contributed by atoms with E-state index in [-0.39, 0.29) is 21.8 Å². The number of amides is 2. The van der Waals surface area contributed by atoms with Gasteiger partial charge < -0.3 is 10.2 Å². The third-order valence-corrected chi connectivity index (χ3v) is 7.65. The molecule has 0 aliphatic rings. The number of anilines is 1. The van der Waals surface area contributed by atoms with Crippen LogP contribution >= 0.6 is 35.0 Å². The van der Waals surface area contributed by atoms with Crippen LogP contribution in [-0.2, 0) is 11.9 Å². The zero-order valence-corrected chi connectivity index (χ0v) is 24.7. The molecule has 12 heteroatoms. The fraction of sp³-hybridized carbons (Fsp3) is 0.276. The van der Waals surface area contributed by atoms with E-state index in [1.165, 1.54) is 24.3 Å². The van der Waals surface area contributed by atoms with Crippen molar-refractivity contribution in [1.29, 1.82) is 0 Å². The van der Waals surface area contributed by atoms with Gasteiger partial charge in [0, 0.05) is 28.6 Å². The highest BCUT2D eigenvalue weighted by Gasteiger charge is 2.33. The number of hydrogen-bond donors (Lipinski definition) is 2. The molecule has 0 unspecified atom stereocenters. The molecule has 0 aromatic heterocycles. The molecule has 0 heterocycles. The normalized spacial score (nSPS) is 11.7. The van der Waals surface area contributed by atoms with Crippen molar-refractivity contribution < 1.29 is 22.8 Å². The molecule has 0 atom stereocenters. The first-order chi connectivity index (χ1) is 19.5. The van der Waals surface area contributed by atoms with Crippen molar-refractivity contribution in [2.24, 2.45) is 5.10 Å². The van der Waals surface area contributed by atoms with Crippen molar-refractivity contribution in [3.05, 3.63) is 98.5 Å². The molecule has 6 nitrogen and oxygen atoms in total. The van der Waals surface area contributed by atoms with Crippen LogP contribution in [-0.4, -0.2) is 48.3 Å². The predicted octanol–water partition coefficient (Wildman–Crippen LogP) is 7.60. The molecule has 3 rings (SSSR count). The Hall–Kier alpha value is -3.05. The molecular formula is C29H29Cl2F3N4O2S. The standard InChI is InChI=1S/C29H29Cl2F3N4O2S/c1-3-38(4-2)13-14-41-18-19-5-8-21(9-6-19)27(39)36-26-12-10-22(30)16-23(26)28(40)37-35-17-20-7-11-25(31)24(15-20)29(32,33)34/h5-12,15-17H,3-4,13-14,18H2,1-2H3,(H,36,39)(H,37,40)/b35-17-. The first-order valence-corrected chi connectivity index (χ1v) is 14.6. The summed E-state index contributed by atoms with van der Waals surface area (Å²) in [6, 6.07) is 14.8. The summed E-state index contributed by atoms with van der Waals surface area (Å²) in [5.74, 6) is 0.704. The van der Waals surface area contributed by atoms with Crippen LogP contribution in [0, 0.1) is 0 Å². The zero-order chi connectivity index (χ0) is 30.0. The number of benzene rings is 3. The number of nitrogens with zero attached hydrogens (tertiary/aromatic N) is 2. The van der Waals surface area contributed by atoms with Crippen LogP contribution in [0.4, 0.5) is 18.9 Å². The molecule has 3 aromatic rings. The largest absolute Gasteiger partial charge is 0.417 e. The monoisotopic (exact) mass is 624 g/mol. The van der Waals surface area contributed by atoms with E-state index in [4.69, 9.17) is 23.2 Å². The molecule has 2 N–H and O–H groups in total. The van der Waals surface area contributed by atoms with Crippen LogP contribution in [0.1, 0.15) is 51.3 Å². The molecule has 0 bridgehead atoms. The Kier molecular flexibility index (Phi) is 12.1. The maximum absolute atomic E-state index is 13.1. The fourth-order valence-electron chi connectivity index (χ4n) is 3.75. The van der Waals surface area contributed by atoms with Gasteiger partial charge in [0.1, 0.15) is 0 Å². The lowest BCUT2D eigenvalue weighted by Crippen LogP contribution is -2.25. The highest BCUT2D eigenvalue weighted by molar-refractivity contribution is 7.98. The predicted molar refractivity (Wildman–Crippen MR) is 161 cm³/mol. The quantitative estimate of drug-likeness (QED) is 0.124. The van der Waals surface area contributed by atoms with E-state index in [9.17, 15) is 22.8 Å². The van der Waals surface area contributed by atoms with Gasteiger partial charge in [-0.1, -0.05) is 55.2 Å². The first kappa shape index (κ1) is 32.5. The van der Waals surface area contributed by atoms with E-state index in [1.807, 2.05) is 23.9 Å². The first-order valence-electron chi connectivity index (χ1n) is 12.7. The van der Waals surface area contributed by atoms with Gasteiger partial charge in [0.15, 0.2) is 0 Å². The number of rotatable bonds is 12. The van der Waals surface area contributed by atoms with Gasteiger partial charge in [-0.05, 0) is 66.7 Å². The number of halogens is 5. The molecule has 218 valence electrons. The van der Waals surface area contributed by atoms with Crippen LogP contribution in [0.15, 0.2) is 65.8 Å². The Morgan fingerprint density at radius 3 is 2.34 bits per heavy atom. The summed E-state index contributed by atoms with van der Waals surface area (Å²) in [7, 11) is 0. The van der Waals surface area contributed by atoms with Crippen molar-refractivity contribution >= 4 is 58.7 Å². The van der Waals surface area contributed by atoms with Gasteiger partial charge in [-0.15, -0.1) is 0 Å². The van der Waals surface area contributed by atoms with Crippen LogP contribution in [0.5, 0.6) is 0 Å². The lowest BCUT2D eigenvalue weighted by atomic mass is 10.1. The average molecular weight is 626 g/mol. The molecule has 0 fully saturated rings. The Labute approximate surface area is 251 Å². The average Bonchev–Trinajstić information content (AvgIpc) is 2.94. The second kappa shape index (κ2) is 15.3. The van der Waals surface area contributed by atoms with E-state index in [1.54, 1.807) is 12.1 Å². The molecule has 0 spiro atoms. The number of hydrazone groups is 1. The third-order valence-electron chi connectivity index (χ3n) is 6.08. The molecule has 41 heavy (non-hydrogen) atoms. The maximum Gasteiger partial charge on any atom is 0.417 e. The van der Waals surface area contributed by atoms with Gasteiger partial charge in [0.25, 0.3) is 11.8 Å². The molecule has 2 amide bonds. The molecule has 0 saturated carbocycles. The van der Waals surface area contributed by atoms with E-state index >= 15 is 0 Å². The topological polar surface area (TPSA) is 73.8 Å². The Morgan fingerprint density at radius 2 is 1.68 bits per heavy atom. The van der Waals surface area contributed by atoms with Crippen molar-refractivity contribution in [1.82, 2.24) is 10.3 Å². The summed E-state index contributed by atoms with van der Waals surface area (Å²) in [6.45, 7) is 7.38. The molecule has 0 saturated heterocycles. The number of thioether (sulfide) groups is 1. The lowest BCUT2D eigenvalue weighted by Gasteiger charge is -2.17. The minimum absolute atomic E-state index is 0.0244. The van der Waals surface area contributed by atoms with Crippen LogP contribution in [0.25, 0.3) is 0 Å². The summed E-state index contributed by atoms with van der Waals surface area (Å²) < 4.78 is 39.3. The van der Waals surface area contributed by atoms with Crippen LogP contribution in [0.3, 0.4) is 0 Å². The summed E-state index contributed by atoms with van der Waals surface area (Å²) in [4.78, 5) is 28.1. The SMILES string of the molecule is CCN(CC)CCSCc1ccc(C(=O)Nc2ccc(Cl)cc2C(=O)N/N=C\c2ccc(Cl)c(C(F)(F)F)c2)cc1. The van der Waals surface area contributed by atoms with E-state index < -0.39 is 28.6 Å². The molecule has 3 aromatic carbocycles. The van der Waals surface area contributed by atoms with E-state index in [2.05, 4.69) is 34.6 Å². The van der Waals surface area contributed by atoms with Crippen molar-refractivity contribution in [2.75, 3.05) is 30.7 Å². The van der Waals surface area contributed by atoms with Gasteiger partial charge in [0.05, 0.1) is 28.1 Å². The van der Waals surface area contributed by atoms with E-state index in [0.29, 0.717) is 5.56 Å². The number of carbonyl (C=O) groups excluding carboxylic acids is 2. The molecule has 0 aliphatic heterocycles. The maximum atomic E-state index is 13.1. The van der Waals surface area contributed by atoms with Gasteiger partial charge in [0.2, 0.25) is 0 Å². The Balaban J connectivity index is 1.63. The number of nitrogens with one attached hydrogen (secondary N) is 2. The summed E-state index contributed by atoms with van der Waals surface area (Å²) in [6.07, 6.45) is -3.59. The highest BCUT2D eigenvalue weighted by Crippen LogP contribution is 2.34. The zero-order valence-electron chi connectivity index (χ0n) is 22.4. The minimum atomic E-state index is -4.64. The second-order valence-electron chi connectivity index (χ2n) is 8.86. The summed E-state index contributed by atoms with van der Waals surface area (Å²) in [5.41, 5.74) is 3.02. The summed E-state index contributed by atoms with van der Waals surface area (Å²) in [5, 5.41) is 6.25. The Bertz CT molecular complexity index is 1380. The molecule has 0 aliphatic carbocycles. The molecular weight excluding hydrogens is 596 g/mol. The minimum Gasteiger partial charge on any atom is -0.321 e. The lowest BCUT2D eigenvalue weighted by molar-refractivity contribution is -0.137. The van der Waals surface area contributed by atoms with Crippen LogP contribution in [0.2, 0.25) is 10.0 Å². The second-order valence-corrected chi connectivity index (χ2v) is 10.8. The van der Waals surface area contributed by atoms with Gasteiger partial charge >= 0.3 is 6.18 Å². The van der Waals surface area contributed by atoms with Gasteiger partial charge in [-0.2, -0.15) is 30.0 Å². The van der Waals surface area contributed by atoms with E-state index in [0.717, 1.165) is 55.1 Å². The molecule has 0 radical (unpaired) electrons. The third kappa shape index (κ3) is 9.78. The van der Waals surface area contributed by atoms with Crippen molar-refractivity contribution in [3.63, 3.8) is 0 Å². The highest BCUT2D eigenvalue weighted by atomic mass is 35.5. The fourth-order valence-corrected chi connectivity index (χ4v) is 5.11. The summed E-state index contributed by atoms with van der Waals surface area (Å²) >= 11 is 13.5. The Morgan fingerprint density at radius 1 is 0.976 bits per heavy atom. The number of alkyl halides is 3. The smallest absolute Gasteiger partial charge is 0.321 e. The number of hydrogen-bond acceptors (Lipinski definition) is 5. The van der Waals surface area contributed by atoms with Crippen molar-refractivity contribution in [3.8, 4) is 0 Å². The van der Waals surface area contributed by atoms with Gasteiger partial charge in [-0.25, -0.2) is 5.43 Å². The number of carbonyl (C=O) groups is 2. The van der Waals surface area contributed by atoms with Crippen molar-refractivity contribution in [2.45, 2.75) is 25.8 Å².